The molecule has 6 heteroatoms. The smallest absolute Gasteiger partial charge is 0.322 e. The Bertz CT molecular complexity index is 1060. The second kappa shape index (κ2) is 8.75. The molecule has 1 N–H and O–H groups in total. The first-order valence-electron chi connectivity index (χ1n) is 9.14. The van der Waals surface area contributed by atoms with Crippen LogP contribution >= 0.6 is 11.8 Å². The van der Waals surface area contributed by atoms with Gasteiger partial charge in [0.1, 0.15) is 0 Å². The van der Waals surface area contributed by atoms with Gasteiger partial charge in [-0.1, -0.05) is 77.9 Å². The van der Waals surface area contributed by atoms with Crippen LogP contribution in [0.3, 0.4) is 0 Å². The van der Waals surface area contributed by atoms with E-state index in [4.69, 9.17) is 4.42 Å². The van der Waals surface area contributed by atoms with Gasteiger partial charge in [0.25, 0.3) is 5.89 Å². The quantitative estimate of drug-likeness (QED) is 0.448. The summed E-state index contributed by atoms with van der Waals surface area (Å²) in [5.41, 5.74) is 2.63. The Morgan fingerprint density at radius 2 is 1.45 bits per heavy atom. The Labute approximate surface area is 173 Å². The third kappa shape index (κ3) is 4.22. The van der Waals surface area contributed by atoms with Gasteiger partial charge in [0.2, 0.25) is 5.91 Å². The van der Waals surface area contributed by atoms with Crippen molar-refractivity contribution in [1.82, 2.24) is 10.2 Å². The number of anilines is 1. The molecule has 0 atom stereocenters. The van der Waals surface area contributed by atoms with E-state index in [1.807, 2.05) is 91.2 Å². The summed E-state index contributed by atoms with van der Waals surface area (Å²) >= 11 is 1.60. The summed E-state index contributed by atoms with van der Waals surface area (Å²) < 4.78 is 5.74. The fraction of sp³-hybridized carbons (Fsp3) is 0.0870. The Morgan fingerprint density at radius 1 is 0.862 bits per heavy atom. The lowest BCUT2D eigenvalue weighted by Crippen LogP contribution is -2.22. The molecule has 1 aromatic heterocycles. The van der Waals surface area contributed by atoms with Crippen LogP contribution in [0.1, 0.15) is 17.0 Å². The lowest BCUT2D eigenvalue weighted by atomic mass is 9.90. The fourth-order valence-electron chi connectivity index (χ4n) is 3.17. The molecule has 3 aromatic carbocycles. The Hall–Kier alpha value is -3.38. The normalized spacial score (nSPS) is 10.8. The lowest BCUT2D eigenvalue weighted by Gasteiger charge is -2.16. The van der Waals surface area contributed by atoms with Crippen LogP contribution in [0.2, 0.25) is 0 Å². The number of carbonyl (C=O) groups is 1. The van der Waals surface area contributed by atoms with Crippen LogP contribution in [-0.4, -0.2) is 22.4 Å². The van der Waals surface area contributed by atoms with E-state index in [-0.39, 0.29) is 11.9 Å². The highest BCUT2D eigenvalue weighted by Gasteiger charge is 2.24. The molecule has 0 radical (unpaired) electrons. The maximum atomic E-state index is 13.1. The number of carbonyl (C=O) groups excluding carboxylic acids is 1. The molecule has 0 unspecified atom stereocenters. The minimum Gasteiger partial charge on any atom is -0.403 e. The molecule has 0 saturated heterocycles. The molecule has 4 rings (SSSR count). The van der Waals surface area contributed by atoms with E-state index >= 15 is 0 Å². The highest BCUT2D eigenvalue weighted by atomic mass is 32.2. The molecule has 5 nitrogen and oxygen atoms in total. The summed E-state index contributed by atoms with van der Waals surface area (Å²) in [5, 5.41) is 10.9. The number of hydrogen-bond acceptors (Lipinski definition) is 5. The minimum absolute atomic E-state index is 0.0813. The average molecular weight is 401 g/mol. The third-order valence-corrected chi connectivity index (χ3v) is 5.32. The molecule has 0 aliphatic heterocycles. The van der Waals surface area contributed by atoms with Crippen molar-refractivity contribution in [3.05, 3.63) is 96.1 Å². The van der Waals surface area contributed by atoms with Crippen LogP contribution in [0.25, 0.3) is 11.5 Å². The number of hydrogen-bond donors (Lipinski definition) is 1. The van der Waals surface area contributed by atoms with Crippen molar-refractivity contribution in [1.29, 1.82) is 0 Å². The van der Waals surface area contributed by atoms with Crippen LogP contribution in [0.5, 0.6) is 0 Å². The van der Waals surface area contributed by atoms with Crippen LogP contribution in [-0.2, 0) is 4.79 Å². The van der Waals surface area contributed by atoms with Gasteiger partial charge < -0.3 is 4.42 Å². The molecular weight excluding hydrogens is 382 g/mol. The zero-order valence-corrected chi connectivity index (χ0v) is 16.6. The van der Waals surface area contributed by atoms with Crippen LogP contribution in [0.15, 0.2) is 94.2 Å². The predicted octanol–water partition coefficient (Wildman–Crippen LogP) is 5.23. The molecule has 0 saturated carbocycles. The second-order valence-corrected chi connectivity index (χ2v) is 7.20. The predicted molar refractivity (Wildman–Crippen MR) is 115 cm³/mol. The molecular formula is C23H19N3O2S. The van der Waals surface area contributed by atoms with Crippen molar-refractivity contribution in [3.63, 3.8) is 0 Å². The number of nitrogens with zero attached hydrogens (tertiary/aromatic N) is 2. The highest BCUT2D eigenvalue weighted by molar-refractivity contribution is 7.98. The number of nitrogens with one attached hydrogen (secondary N) is 1. The number of benzene rings is 3. The van der Waals surface area contributed by atoms with Gasteiger partial charge in [0.05, 0.1) is 11.5 Å². The van der Waals surface area contributed by atoms with Crippen LogP contribution in [0, 0.1) is 0 Å². The SMILES string of the molecule is CSc1ccccc1-c1nnc(NC(=O)C(c2ccccc2)c2ccccc2)o1. The van der Waals surface area contributed by atoms with Crippen molar-refractivity contribution in [2.24, 2.45) is 0 Å². The number of amides is 1. The van der Waals surface area contributed by atoms with Gasteiger partial charge in [0.15, 0.2) is 0 Å². The van der Waals surface area contributed by atoms with Crippen LogP contribution < -0.4 is 5.32 Å². The van der Waals surface area contributed by atoms with E-state index in [1.165, 1.54) is 0 Å². The van der Waals surface area contributed by atoms with Gasteiger partial charge in [0, 0.05) is 4.90 Å². The monoisotopic (exact) mass is 401 g/mol. The molecule has 144 valence electrons. The Balaban J connectivity index is 1.61. The van der Waals surface area contributed by atoms with E-state index in [9.17, 15) is 4.79 Å². The molecule has 4 aromatic rings. The van der Waals surface area contributed by atoms with Gasteiger partial charge in [-0.05, 0) is 29.5 Å². The zero-order valence-electron chi connectivity index (χ0n) is 15.8. The van der Waals surface area contributed by atoms with Gasteiger partial charge in [-0.15, -0.1) is 16.9 Å². The molecule has 0 aliphatic rings. The molecule has 1 heterocycles. The maximum Gasteiger partial charge on any atom is 0.322 e. The maximum absolute atomic E-state index is 13.1. The number of aromatic nitrogens is 2. The van der Waals surface area contributed by atoms with Crippen molar-refractivity contribution in [2.75, 3.05) is 11.6 Å². The standard InChI is InChI=1S/C23H19N3O2S/c1-29-19-15-9-8-14-18(19)22-25-26-23(28-22)24-21(27)20(16-10-4-2-5-11-16)17-12-6-3-7-13-17/h2-15,20H,1H3,(H,24,26,27). The summed E-state index contributed by atoms with van der Waals surface area (Å²) in [4.78, 5) is 14.2. The van der Waals surface area contributed by atoms with E-state index < -0.39 is 5.92 Å². The number of rotatable bonds is 6. The fourth-order valence-corrected chi connectivity index (χ4v) is 3.76. The van der Waals surface area contributed by atoms with E-state index in [2.05, 4.69) is 15.5 Å². The Morgan fingerprint density at radius 3 is 2.07 bits per heavy atom. The van der Waals surface area contributed by atoms with Crippen LogP contribution in [0.4, 0.5) is 6.01 Å². The second-order valence-electron chi connectivity index (χ2n) is 6.36. The third-order valence-electron chi connectivity index (χ3n) is 4.52. The van der Waals surface area contributed by atoms with Gasteiger partial charge in [-0.2, -0.15) is 0 Å². The lowest BCUT2D eigenvalue weighted by molar-refractivity contribution is -0.116. The van der Waals surface area contributed by atoms with Crippen molar-refractivity contribution in [2.45, 2.75) is 10.8 Å². The molecule has 1 amide bonds. The largest absolute Gasteiger partial charge is 0.403 e. The highest BCUT2D eigenvalue weighted by Crippen LogP contribution is 2.30. The van der Waals surface area contributed by atoms with E-state index in [0.717, 1.165) is 21.6 Å². The van der Waals surface area contributed by atoms with E-state index in [0.29, 0.717) is 5.89 Å². The molecule has 0 aliphatic carbocycles. The van der Waals surface area contributed by atoms with Crippen molar-refractivity contribution >= 4 is 23.7 Å². The van der Waals surface area contributed by atoms with E-state index in [1.54, 1.807) is 11.8 Å². The molecule has 0 spiro atoms. The molecule has 0 bridgehead atoms. The Kier molecular flexibility index (Phi) is 5.72. The summed E-state index contributed by atoms with van der Waals surface area (Å²) in [6, 6.07) is 27.1. The van der Waals surface area contributed by atoms with Gasteiger partial charge >= 0.3 is 6.01 Å². The molecule has 29 heavy (non-hydrogen) atoms. The molecule has 0 fully saturated rings. The summed E-state index contributed by atoms with van der Waals surface area (Å²) in [6.45, 7) is 0. The summed E-state index contributed by atoms with van der Waals surface area (Å²) in [5.74, 6) is -0.330. The number of thioether (sulfide) groups is 1. The van der Waals surface area contributed by atoms with Crippen molar-refractivity contribution < 1.29 is 9.21 Å². The summed E-state index contributed by atoms with van der Waals surface area (Å²) in [6.07, 6.45) is 1.99. The first kappa shape index (κ1) is 19.0. The minimum atomic E-state index is -0.480. The first-order chi connectivity index (χ1) is 14.3. The summed E-state index contributed by atoms with van der Waals surface area (Å²) in [7, 11) is 0. The van der Waals surface area contributed by atoms with Crippen molar-refractivity contribution in [3.8, 4) is 11.5 Å². The topological polar surface area (TPSA) is 68.0 Å². The average Bonchev–Trinajstić information content (AvgIpc) is 3.23. The van der Waals surface area contributed by atoms with Gasteiger partial charge in [-0.3, -0.25) is 10.1 Å². The first-order valence-corrected chi connectivity index (χ1v) is 10.4. The van der Waals surface area contributed by atoms with Gasteiger partial charge in [-0.25, -0.2) is 0 Å². The zero-order chi connectivity index (χ0) is 20.1.